The Balaban J connectivity index is 1.78. The largest absolute Gasteiger partial charge is 0.493 e. The summed E-state index contributed by atoms with van der Waals surface area (Å²) in [5.41, 5.74) is 4.33. The maximum Gasteiger partial charge on any atom is 0.226 e. The van der Waals surface area contributed by atoms with Gasteiger partial charge in [0, 0.05) is 11.3 Å². The Kier molecular flexibility index (Phi) is 4.08. The normalized spacial score (nSPS) is 15.7. The van der Waals surface area contributed by atoms with Gasteiger partial charge in [-0.3, -0.25) is 0 Å². The van der Waals surface area contributed by atoms with E-state index in [9.17, 15) is 0 Å². The second-order valence-corrected chi connectivity index (χ2v) is 6.16. The molecule has 0 amide bonds. The molecule has 0 saturated carbocycles. The number of anilines is 1. The van der Waals surface area contributed by atoms with E-state index in [1.807, 2.05) is 22.9 Å². The molecule has 26 heavy (non-hydrogen) atoms. The number of aryl methyl sites for hydroxylation is 1. The zero-order chi connectivity index (χ0) is 18.1. The van der Waals surface area contributed by atoms with Gasteiger partial charge in [0.1, 0.15) is 12.4 Å². The van der Waals surface area contributed by atoms with Gasteiger partial charge >= 0.3 is 0 Å². The molecule has 1 aromatic heterocycles. The molecule has 4 rings (SSSR count). The number of methoxy groups -OCH3 is 2. The molecular formula is C20H20N4O2. The minimum atomic E-state index is -0.0301. The van der Waals surface area contributed by atoms with Gasteiger partial charge in [-0.05, 0) is 36.8 Å². The molecule has 2 aromatic carbocycles. The Hall–Kier alpha value is -3.28. The monoisotopic (exact) mass is 348 g/mol. The van der Waals surface area contributed by atoms with E-state index in [-0.39, 0.29) is 6.04 Å². The van der Waals surface area contributed by atoms with Crippen LogP contribution in [-0.4, -0.2) is 29.0 Å². The highest BCUT2D eigenvalue weighted by Gasteiger charge is 2.23. The van der Waals surface area contributed by atoms with Gasteiger partial charge < -0.3 is 14.8 Å². The third-order valence-electron chi connectivity index (χ3n) is 4.52. The van der Waals surface area contributed by atoms with Crippen LogP contribution in [0.15, 0.2) is 54.9 Å². The first-order valence-corrected chi connectivity index (χ1v) is 8.37. The minimum absolute atomic E-state index is 0.0301. The van der Waals surface area contributed by atoms with Crippen molar-refractivity contribution < 1.29 is 9.47 Å². The van der Waals surface area contributed by atoms with E-state index in [2.05, 4.69) is 52.7 Å². The fourth-order valence-electron chi connectivity index (χ4n) is 3.11. The van der Waals surface area contributed by atoms with Gasteiger partial charge in [0.25, 0.3) is 0 Å². The number of aromatic nitrogens is 3. The molecule has 1 aliphatic rings. The van der Waals surface area contributed by atoms with Crippen LogP contribution in [0.25, 0.3) is 5.70 Å². The molecule has 3 aromatic rings. The summed E-state index contributed by atoms with van der Waals surface area (Å²) in [6, 6.07) is 14.3. The van der Waals surface area contributed by atoms with E-state index in [1.54, 1.807) is 20.5 Å². The van der Waals surface area contributed by atoms with Crippen LogP contribution in [0.1, 0.15) is 22.7 Å². The summed E-state index contributed by atoms with van der Waals surface area (Å²) in [6.07, 6.45) is 3.71. The fraction of sp³-hybridized carbons (Fsp3) is 0.200. The molecule has 6 heteroatoms. The van der Waals surface area contributed by atoms with E-state index in [4.69, 9.17) is 9.47 Å². The average molecular weight is 348 g/mol. The number of hydrogen-bond donors (Lipinski definition) is 1. The molecule has 1 N–H and O–H groups in total. The molecule has 6 nitrogen and oxygen atoms in total. The van der Waals surface area contributed by atoms with Crippen molar-refractivity contribution in [1.29, 1.82) is 0 Å². The number of allylic oxidation sites excluding steroid dienone is 1. The zero-order valence-corrected chi connectivity index (χ0v) is 14.9. The van der Waals surface area contributed by atoms with Crippen molar-refractivity contribution in [3.8, 4) is 11.5 Å². The molecule has 2 heterocycles. The highest BCUT2D eigenvalue weighted by molar-refractivity contribution is 5.78. The number of rotatable bonds is 4. The third-order valence-corrected chi connectivity index (χ3v) is 4.52. The van der Waals surface area contributed by atoms with Crippen molar-refractivity contribution in [2.24, 2.45) is 0 Å². The number of benzene rings is 2. The zero-order valence-electron chi connectivity index (χ0n) is 14.9. The average Bonchev–Trinajstić information content (AvgIpc) is 3.16. The van der Waals surface area contributed by atoms with Gasteiger partial charge in [0.2, 0.25) is 5.95 Å². The Bertz CT molecular complexity index is 960. The second-order valence-electron chi connectivity index (χ2n) is 6.16. The van der Waals surface area contributed by atoms with Crippen molar-refractivity contribution in [2.75, 3.05) is 19.5 Å². The van der Waals surface area contributed by atoms with Crippen LogP contribution in [0.4, 0.5) is 5.95 Å². The van der Waals surface area contributed by atoms with Crippen molar-refractivity contribution >= 4 is 11.6 Å². The van der Waals surface area contributed by atoms with E-state index in [0.29, 0.717) is 17.4 Å². The first kappa shape index (κ1) is 16.2. The Morgan fingerprint density at radius 2 is 1.77 bits per heavy atom. The van der Waals surface area contributed by atoms with Gasteiger partial charge in [-0.15, -0.1) is 0 Å². The molecular weight excluding hydrogens is 328 g/mol. The van der Waals surface area contributed by atoms with Gasteiger partial charge in [-0.2, -0.15) is 10.1 Å². The fourth-order valence-corrected chi connectivity index (χ4v) is 3.11. The number of nitrogens with one attached hydrogen (secondary N) is 1. The topological polar surface area (TPSA) is 61.2 Å². The standard InChI is InChI=1S/C20H20N4O2/c1-13-4-6-14(7-5-13)17-11-16(23-20-21-12-22-24(17)20)15-8-9-18(25-2)19(10-15)26-3/h4-12,17H,1-3H3,(H,21,22,23). The van der Waals surface area contributed by atoms with Gasteiger partial charge in [-0.1, -0.05) is 29.8 Å². The number of fused-ring (bicyclic) bond motifs is 1. The lowest BCUT2D eigenvalue weighted by Gasteiger charge is -2.25. The van der Waals surface area contributed by atoms with Crippen molar-refractivity contribution in [1.82, 2.24) is 14.8 Å². The first-order chi connectivity index (χ1) is 12.7. The molecule has 0 radical (unpaired) electrons. The second kappa shape index (κ2) is 6.55. The summed E-state index contributed by atoms with van der Waals surface area (Å²) >= 11 is 0. The lowest BCUT2D eigenvalue weighted by molar-refractivity contribution is 0.355. The Morgan fingerprint density at radius 1 is 1.00 bits per heavy atom. The number of hydrogen-bond acceptors (Lipinski definition) is 5. The van der Waals surface area contributed by atoms with Crippen LogP contribution < -0.4 is 14.8 Å². The summed E-state index contributed by atoms with van der Waals surface area (Å²) in [4.78, 5) is 4.35. The van der Waals surface area contributed by atoms with Crippen LogP contribution in [0.3, 0.4) is 0 Å². The first-order valence-electron chi connectivity index (χ1n) is 8.37. The van der Waals surface area contributed by atoms with E-state index < -0.39 is 0 Å². The number of nitrogens with zero attached hydrogens (tertiary/aromatic N) is 3. The summed E-state index contributed by atoms with van der Waals surface area (Å²) in [6.45, 7) is 2.08. The van der Waals surface area contributed by atoms with Gasteiger partial charge in [-0.25, -0.2) is 4.68 Å². The molecule has 1 unspecified atom stereocenters. The van der Waals surface area contributed by atoms with Crippen LogP contribution >= 0.6 is 0 Å². The number of ether oxygens (including phenoxy) is 2. The summed E-state index contributed by atoms with van der Waals surface area (Å²) in [5, 5.41) is 7.73. The van der Waals surface area contributed by atoms with Crippen molar-refractivity contribution in [3.63, 3.8) is 0 Å². The van der Waals surface area contributed by atoms with Crippen molar-refractivity contribution in [2.45, 2.75) is 13.0 Å². The maximum atomic E-state index is 5.43. The van der Waals surface area contributed by atoms with E-state index in [1.165, 1.54) is 5.56 Å². The lowest BCUT2D eigenvalue weighted by Crippen LogP contribution is -2.20. The smallest absolute Gasteiger partial charge is 0.226 e. The SMILES string of the molecule is COc1ccc(C2=CC(c3ccc(C)cc3)n3ncnc3N2)cc1OC. The highest BCUT2D eigenvalue weighted by Crippen LogP contribution is 2.35. The van der Waals surface area contributed by atoms with E-state index >= 15 is 0 Å². The molecule has 0 fully saturated rings. The molecule has 0 bridgehead atoms. The highest BCUT2D eigenvalue weighted by atomic mass is 16.5. The van der Waals surface area contributed by atoms with Crippen molar-refractivity contribution in [3.05, 3.63) is 71.6 Å². The van der Waals surface area contributed by atoms with Gasteiger partial charge in [0.15, 0.2) is 11.5 Å². The molecule has 0 saturated heterocycles. The quantitative estimate of drug-likeness (QED) is 0.780. The molecule has 0 aliphatic carbocycles. The summed E-state index contributed by atoms with van der Waals surface area (Å²) < 4.78 is 12.7. The lowest BCUT2D eigenvalue weighted by atomic mass is 10.0. The molecule has 0 spiro atoms. The molecule has 1 atom stereocenters. The predicted octanol–water partition coefficient (Wildman–Crippen LogP) is 3.66. The maximum absolute atomic E-state index is 5.43. The van der Waals surface area contributed by atoms with Crippen LogP contribution in [0.2, 0.25) is 0 Å². The van der Waals surface area contributed by atoms with Crippen LogP contribution in [-0.2, 0) is 0 Å². The Morgan fingerprint density at radius 3 is 2.50 bits per heavy atom. The van der Waals surface area contributed by atoms with Crippen LogP contribution in [0.5, 0.6) is 11.5 Å². The minimum Gasteiger partial charge on any atom is -0.493 e. The van der Waals surface area contributed by atoms with Gasteiger partial charge in [0.05, 0.1) is 14.2 Å². The Labute approximate surface area is 152 Å². The summed E-state index contributed by atoms with van der Waals surface area (Å²) in [5.74, 6) is 2.10. The summed E-state index contributed by atoms with van der Waals surface area (Å²) in [7, 11) is 3.27. The van der Waals surface area contributed by atoms with E-state index in [0.717, 1.165) is 16.8 Å². The van der Waals surface area contributed by atoms with Crippen LogP contribution in [0, 0.1) is 6.92 Å². The predicted molar refractivity (Wildman–Crippen MR) is 100 cm³/mol. The third kappa shape index (κ3) is 2.79. The molecule has 1 aliphatic heterocycles. The molecule has 132 valence electrons.